The van der Waals surface area contributed by atoms with Crippen LogP contribution in [-0.4, -0.2) is 27.8 Å². The van der Waals surface area contributed by atoms with E-state index in [-0.39, 0.29) is 23.7 Å². The van der Waals surface area contributed by atoms with Gasteiger partial charge in [0.15, 0.2) is 0 Å². The van der Waals surface area contributed by atoms with Crippen LogP contribution in [0, 0.1) is 0 Å². The molecule has 0 aliphatic carbocycles. The summed E-state index contributed by atoms with van der Waals surface area (Å²) in [4.78, 5) is 21.7. The van der Waals surface area contributed by atoms with Gasteiger partial charge in [0.2, 0.25) is 5.88 Å². The van der Waals surface area contributed by atoms with Gasteiger partial charge in [0.1, 0.15) is 12.3 Å². The smallest absolute Gasteiger partial charge is 0.416 e. The minimum absolute atomic E-state index is 0.00613. The van der Waals surface area contributed by atoms with Crippen molar-refractivity contribution in [2.75, 3.05) is 7.05 Å². The Kier molecular flexibility index (Phi) is 6.11. The number of rotatable bonds is 6. The summed E-state index contributed by atoms with van der Waals surface area (Å²) >= 11 is 0. The van der Waals surface area contributed by atoms with E-state index in [4.69, 9.17) is 4.74 Å². The maximum atomic E-state index is 13.1. The van der Waals surface area contributed by atoms with Gasteiger partial charge in [-0.05, 0) is 17.2 Å². The van der Waals surface area contributed by atoms with Crippen LogP contribution in [0.3, 0.4) is 0 Å². The fraction of sp³-hybridized carbons (Fsp3) is 0.190. The lowest BCUT2D eigenvalue weighted by atomic mass is 10.1. The zero-order valence-corrected chi connectivity index (χ0v) is 15.6. The summed E-state index contributed by atoms with van der Waals surface area (Å²) in [6, 6.07) is 14.6. The molecule has 5 nitrogen and oxygen atoms in total. The number of hydrogen-bond acceptors (Lipinski definition) is 4. The van der Waals surface area contributed by atoms with Crippen LogP contribution >= 0.6 is 0 Å². The highest BCUT2D eigenvalue weighted by molar-refractivity contribution is 5.91. The van der Waals surface area contributed by atoms with Crippen molar-refractivity contribution in [1.29, 1.82) is 0 Å². The second kappa shape index (κ2) is 8.72. The van der Waals surface area contributed by atoms with Crippen molar-refractivity contribution >= 4 is 5.91 Å². The number of carbonyl (C=O) groups is 1. The van der Waals surface area contributed by atoms with Crippen molar-refractivity contribution in [3.63, 3.8) is 0 Å². The topological polar surface area (TPSA) is 55.3 Å². The van der Waals surface area contributed by atoms with Gasteiger partial charge in [-0.15, -0.1) is 0 Å². The van der Waals surface area contributed by atoms with E-state index in [0.29, 0.717) is 6.61 Å². The highest BCUT2D eigenvalue weighted by Crippen LogP contribution is 2.32. The summed E-state index contributed by atoms with van der Waals surface area (Å²) in [7, 11) is 1.41. The summed E-state index contributed by atoms with van der Waals surface area (Å²) < 4.78 is 44.9. The first kappa shape index (κ1) is 20.3. The van der Waals surface area contributed by atoms with Gasteiger partial charge in [-0.25, -0.2) is 9.97 Å². The van der Waals surface area contributed by atoms with Crippen molar-refractivity contribution < 1.29 is 22.7 Å². The Morgan fingerprint density at radius 3 is 2.34 bits per heavy atom. The minimum Gasteiger partial charge on any atom is -0.472 e. The number of alkyl halides is 3. The average molecular weight is 401 g/mol. The third-order valence-electron chi connectivity index (χ3n) is 4.15. The van der Waals surface area contributed by atoms with E-state index < -0.39 is 17.6 Å². The molecule has 0 atom stereocenters. The van der Waals surface area contributed by atoms with E-state index in [1.165, 1.54) is 42.5 Å². The number of aromatic nitrogens is 2. The standard InChI is InChI=1S/C21H18F3N3O2/c1-27(13-16-9-5-6-10-17(16)21(22,23)24)20(28)18-11-26-19(12-25-18)29-14-15-7-3-2-4-8-15/h2-12H,13-14H2,1H3. The van der Waals surface area contributed by atoms with Gasteiger partial charge in [0.25, 0.3) is 5.91 Å². The van der Waals surface area contributed by atoms with Crippen LogP contribution in [0.1, 0.15) is 27.2 Å². The van der Waals surface area contributed by atoms with E-state index in [9.17, 15) is 18.0 Å². The highest BCUT2D eigenvalue weighted by atomic mass is 19.4. The van der Waals surface area contributed by atoms with Gasteiger partial charge >= 0.3 is 6.18 Å². The van der Waals surface area contributed by atoms with Crippen LogP contribution in [0.4, 0.5) is 13.2 Å². The molecule has 0 fully saturated rings. The molecule has 150 valence electrons. The Morgan fingerprint density at radius 1 is 1.00 bits per heavy atom. The van der Waals surface area contributed by atoms with Crippen molar-refractivity contribution in [2.45, 2.75) is 19.3 Å². The third kappa shape index (κ3) is 5.31. The highest BCUT2D eigenvalue weighted by Gasteiger charge is 2.33. The lowest BCUT2D eigenvalue weighted by Crippen LogP contribution is -2.28. The molecule has 0 bridgehead atoms. The van der Waals surface area contributed by atoms with E-state index in [2.05, 4.69) is 9.97 Å². The van der Waals surface area contributed by atoms with Gasteiger partial charge in [-0.1, -0.05) is 48.5 Å². The van der Waals surface area contributed by atoms with Crippen molar-refractivity contribution in [3.05, 3.63) is 89.4 Å². The number of amides is 1. The summed E-state index contributed by atoms with van der Waals surface area (Å²) in [6.45, 7) is 0.0966. The van der Waals surface area contributed by atoms with Gasteiger partial charge in [-0.3, -0.25) is 4.79 Å². The fourth-order valence-corrected chi connectivity index (χ4v) is 2.69. The van der Waals surface area contributed by atoms with E-state index in [1.807, 2.05) is 30.3 Å². The second-order valence-electron chi connectivity index (χ2n) is 6.33. The average Bonchev–Trinajstić information content (AvgIpc) is 2.72. The molecule has 1 aromatic heterocycles. The molecule has 0 spiro atoms. The molecule has 0 N–H and O–H groups in total. The number of hydrogen-bond donors (Lipinski definition) is 0. The van der Waals surface area contributed by atoms with Gasteiger partial charge in [-0.2, -0.15) is 13.2 Å². The van der Waals surface area contributed by atoms with Gasteiger partial charge < -0.3 is 9.64 Å². The van der Waals surface area contributed by atoms with Gasteiger partial charge in [0, 0.05) is 13.6 Å². The molecule has 2 aromatic carbocycles. The van der Waals surface area contributed by atoms with Crippen LogP contribution in [0.25, 0.3) is 0 Å². The molecule has 0 aliphatic rings. The minimum atomic E-state index is -4.49. The summed E-state index contributed by atoms with van der Waals surface area (Å²) in [6.07, 6.45) is -1.93. The summed E-state index contributed by atoms with van der Waals surface area (Å²) in [5, 5.41) is 0. The molecule has 0 radical (unpaired) electrons. The lowest BCUT2D eigenvalue weighted by molar-refractivity contribution is -0.138. The molecule has 0 saturated heterocycles. The number of carbonyl (C=O) groups excluding carboxylic acids is 1. The molecular weight excluding hydrogens is 383 g/mol. The first-order valence-electron chi connectivity index (χ1n) is 8.74. The SMILES string of the molecule is CN(Cc1ccccc1C(F)(F)F)C(=O)c1cnc(OCc2ccccc2)cn1. The zero-order chi connectivity index (χ0) is 20.9. The van der Waals surface area contributed by atoms with Crippen LogP contribution in [0.15, 0.2) is 67.0 Å². The monoisotopic (exact) mass is 401 g/mol. The molecule has 8 heteroatoms. The maximum absolute atomic E-state index is 13.1. The molecule has 1 amide bonds. The van der Waals surface area contributed by atoms with Crippen LogP contribution < -0.4 is 4.74 Å². The van der Waals surface area contributed by atoms with Crippen LogP contribution in [0.5, 0.6) is 5.88 Å². The van der Waals surface area contributed by atoms with E-state index in [1.54, 1.807) is 0 Å². The number of nitrogens with zero attached hydrogens (tertiary/aromatic N) is 3. The van der Waals surface area contributed by atoms with E-state index in [0.717, 1.165) is 11.6 Å². The van der Waals surface area contributed by atoms with E-state index >= 15 is 0 Å². The predicted octanol–water partition coefficient (Wildman–Crippen LogP) is 4.35. The molecule has 0 aliphatic heterocycles. The first-order chi connectivity index (χ1) is 13.8. The largest absolute Gasteiger partial charge is 0.472 e. The Bertz CT molecular complexity index is 961. The third-order valence-corrected chi connectivity index (χ3v) is 4.15. The maximum Gasteiger partial charge on any atom is 0.416 e. The Labute approximate surface area is 165 Å². The quantitative estimate of drug-likeness (QED) is 0.616. The number of halogens is 3. The number of ether oxygens (including phenoxy) is 1. The molecule has 0 saturated carbocycles. The number of benzene rings is 2. The molecule has 29 heavy (non-hydrogen) atoms. The molecule has 3 rings (SSSR count). The normalized spacial score (nSPS) is 11.2. The Hall–Kier alpha value is -3.42. The Morgan fingerprint density at radius 2 is 1.69 bits per heavy atom. The zero-order valence-electron chi connectivity index (χ0n) is 15.6. The molecule has 1 heterocycles. The van der Waals surface area contributed by atoms with Crippen molar-refractivity contribution in [1.82, 2.24) is 14.9 Å². The summed E-state index contributed by atoms with van der Waals surface area (Å²) in [5.41, 5.74) is 0.212. The Balaban J connectivity index is 1.64. The van der Waals surface area contributed by atoms with Gasteiger partial charge in [0.05, 0.1) is 18.0 Å². The molecule has 3 aromatic rings. The van der Waals surface area contributed by atoms with Crippen LogP contribution in [0.2, 0.25) is 0 Å². The fourth-order valence-electron chi connectivity index (χ4n) is 2.69. The van der Waals surface area contributed by atoms with Crippen molar-refractivity contribution in [3.8, 4) is 5.88 Å². The van der Waals surface area contributed by atoms with Crippen molar-refractivity contribution in [2.24, 2.45) is 0 Å². The second-order valence-corrected chi connectivity index (χ2v) is 6.33. The molecule has 0 unspecified atom stereocenters. The predicted molar refractivity (Wildman–Crippen MR) is 100 cm³/mol. The summed E-state index contributed by atoms with van der Waals surface area (Å²) in [5.74, 6) is -0.292. The van der Waals surface area contributed by atoms with Crippen LogP contribution in [-0.2, 0) is 19.3 Å². The lowest BCUT2D eigenvalue weighted by Gasteiger charge is -2.19. The molecular formula is C21H18F3N3O2. The first-order valence-corrected chi connectivity index (χ1v) is 8.74.